The first-order valence-electron chi connectivity index (χ1n) is 32.5. The summed E-state index contributed by atoms with van der Waals surface area (Å²) in [6, 6.07) is 56.4. The van der Waals surface area contributed by atoms with Crippen molar-refractivity contribution < 1.29 is 156 Å². The summed E-state index contributed by atoms with van der Waals surface area (Å²) in [4.78, 5) is 76.6. The second-order valence-corrected chi connectivity index (χ2v) is 32.4. The standard InChI is InChI=1S/2C23H19O4S.2C13H18F2O6S.CH4.ClH.Na/c2*24-22-16-15-21(27-22)23(25)26-17-11-13-20(14-12-17)28(18-7-3-1-4-8-18)19-9-5-2-6-10-19;2*14-13(15,22-21-20-18)10(16)19-7-11-2-8-1-9(3-11)5-12(17,4-8)6-11;;;/h2*1-14,21H,15-16H2;2*8-9,17-18H,1-7H2;1H4;1H;/q2*+1;;;;;+1/p-3. The van der Waals surface area contributed by atoms with Crippen LogP contribution in [0.1, 0.15) is 110 Å². The number of esters is 6. The Morgan fingerprint density at radius 1 is 0.476 bits per heavy atom. The molecule has 548 valence electrons. The Morgan fingerprint density at radius 2 is 0.757 bits per heavy atom. The fourth-order valence-electron chi connectivity index (χ4n) is 16.0. The Morgan fingerprint density at radius 3 is 1.01 bits per heavy atom. The summed E-state index contributed by atoms with van der Waals surface area (Å²) in [5.41, 5.74) is -2.31. The van der Waals surface area contributed by atoms with Gasteiger partial charge in [-0.15, -0.1) is 0 Å². The van der Waals surface area contributed by atoms with E-state index in [-0.39, 0.29) is 109 Å². The first-order chi connectivity index (χ1) is 47.9. The second-order valence-electron chi connectivity index (χ2n) is 26.7. The van der Waals surface area contributed by atoms with E-state index < -0.39 is 92.7 Å². The molecule has 2 N–H and O–H groups in total. The molecule has 0 aromatic heterocycles. The van der Waals surface area contributed by atoms with Crippen molar-refractivity contribution in [1.82, 2.24) is 0 Å². The van der Waals surface area contributed by atoms with Crippen LogP contribution in [0.2, 0.25) is 0 Å². The Kier molecular flexibility index (Phi) is 29.5. The van der Waals surface area contributed by atoms with Gasteiger partial charge in [0.15, 0.2) is 41.6 Å². The SMILES string of the molecule is C.O=C(OCC12CC3CC(CC(O)(C3)C1)C2)C(F)(F)SOO[O-].O=C(OCC12CC3CC(CC(O)(C3)C1)C2)C(F)(F)SOO[O-].O=C1CCC(C(=O)Oc2ccc([S+](c3ccccc3)c3ccccc3)cc2)O1.O=C1CCC(C(=O)Oc2ccc([S+](c3ccccc3)c3ccccc3)cc2)O1.[Cl-].[Na+]. The zero-order valence-electron chi connectivity index (χ0n) is 55.1. The summed E-state index contributed by atoms with van der Waals surface area (Å²) in [5.74, 6) is -2.91. The van der Waals surface area contributed by atoms with Crippen LogP contribution in [-0.2, 0) is 88.2 Å². The summed E-state index contributed by atoms with van der Waals surface area (Å²) in [6.45, 7) is -0.287. The molecule has 2 heterocycles. The molecule has 2 saturated heterocycles. The molecular weight excluding hydrogens is 1460 g/mol. The van der Waals surface area contributed by atoms with Crippen molar-refractivity contribution in [2.75, 3.05) is 13.2 Å². The summed E-state index contributed by atoms with van der Waals surface area (Å²) in [6.07, 6.45) is 8.92. The van der Waals surface area contributed by atoms with E-state index >= 15 is 0 Å². The normalized spacial score (nSPS) is 25.8. The van der Waals surface area contributed by atoms with E-state index in [9.17, 15) is 67.1 Å². The van der Waals surface area contributed by atoms with E-state index in [1.807, 2.05) is 97.1 Å². The number of halogens is 5. The molecule has 10 fully saturated rings. The predicted molar refractivity (Wildman–Crippen MR) is 355 cm³/mol. The van der Waals surface area contributed by atoms with Crippen LogP contribution in [0.3, 0.4) is 0 Å². The van der Waals surface area contributed by atoms with Crippen LogP contribution in [-0.4, -0.2) is 93.2 Å². The van der Waals surface area contributed by atoms with Gasteiger partial charge >= 0.3 is 75.9 Å². The van der Waals surface area contributed by atoms with E-state index in [4.69, 9.17) is 28.4 Å². The zero-order valence-corrected chi connectivity index (χ0v) is 61.1. The third-order valence-electron chi connectivity index (χ3n) is 18.9. The van der Waals surface area contributed by atoms with Crippen molar-refractivity contribution in [2.24, 2.45) is 34.5 Å². The van der Waals surface area contributed by atoms with Crippen molar-refractivity contribution in [3.63, 3.8) is 0 Å². The zero-order chi connectivity index (χ0) is 70.7. The Labute approximate surface area is 635 Å². The van der Waals surface area contributed by atoms with Crippen molar-refractivity contribution in [3.8, 4) is 11.5 Å². The molecule has 103 heavy (non-hydrogen) atoms. The van der Waals surface area contributed by atoms with Gasteiger partial charge in [0.1, 0.15) is 35.6 Å². The second kappa shape index (κ2) is 36.7. The average Bonchev–Trinajstić information content (AvgIpc) is 1.24. The summed E-state index contributed by atoms with van der Waals surface area (Å²) >= 11 is -1.38. The van der Waals surface area contributed by atoms with E-state index in [0.29, 0.717) is 60.9 Å². The average molecular weight is 1540 g/mol. The fraction of sp³-hybridized carbons (Fsp3) is 0.425. The van der Waals surface area contributed by atoms with Crippen LogP contribution in [0.15, 0.2) is 199 Å². The third-order valence-corrected chi connectivity index (χ3v) is 24.4. The van der Waals surface area contributed by atoms with Crippen molar-refractivity contribution in [2.45, 2.75) is 173 Å². The number of carbonyl (C=O) groups excluding carboxylic acids is 6. The van der Waals surface area contributed by atoms with Gasteiger partial charge in [-0.2, -0.15) is 26.2 Å². The number of aliphatic hydroxyl groups is 2. The quantitative estimate of drug-likeness (QED) is 0.00896. The molecule has 2 aliphatic heterocycles. The third kappa shape index (κ3) is 21.7. The summed E-state index contributed by atoms with van der Waals surface area (Å²) in [5, 5.41) is 37.8. The first-order valence-corrected chi connectivity index (χ1v) is 36.4. The topological polar surface area (TPSA) is 281 Å². The Bertz CT molecular complexity index is 3440. The number of rotatable bonds is 22. The molecule has 30 heteroatoms. The molecule has 20 nitrogen and oxygen atoms in total. The van der Waals surface area contributed by atoms with Gasteiger partial charge in [0, 0.05) is 36.5 Å². The Balaban J connectivity index is 0.000000173. The minimum atomic E-state index is -4.01. The maximum absolute atomic E-state index is 13.3. The van der Waals surface area contributed by atoms with Crippen LogP contribution < -0.4 is 62.0 Å². The molecule has 8 bridgehead atoms. The largest absolute Gasteiger partial charge is 1.00 e. The first kappa shape index (κ1) is 82.9. The van der Waals surface area contributed by atoms with Crippen LogP contribution in [0.25, 0.3) is 0 Å². The van der Waals surface area contributed by atoms with Crippen LogP contribution in [0.5, 0.6) is 11.5 Å². The molecule has 16 rings (SSSR count). The van der Waals surface area contributed by atoms with Crippen molar-refractivity contribution in [3.05, 3.63) is 170 Å². The molecule has 0 amide bonds. The van der Waals surface area contributed by atoms with Gasteiger partial charge in [0.05, 0.1) is 46.2 Å². The summed E-state index contributed by atoms with van der Waals surface area (Å²) in [7, 11) is -0.504. The van der Waals surface area contributed by atoms with E-state index in [0.717, 1.165) is 74.0 Å². The predicted octanol–water partition coefficient (Wildman–Crippen LogP) is 6.08. The number of hydrogen-bond donors (Lipinski definition) is 2. The molecule has 6 unspecified atom stereocenters. The number of alkyl halides is 4. The van der Waals surface area contributed by atoms with Gasteiger partial charge in [-0.3, -0.25) is 19.7 Å². The molecule has 6 atom stereocenters. The molecule has 0 spiro atoms. The van der Waals surface area contributed by atoms with Gasteiger partial charge in [0.25, 0.3) is 0 Å². The number of carbonyl (C=O) groups is 6. The molecule has 0 radical (unpaired) electrons. The smallest absolute Gasteiger partial charge is 1.00 e. The molecule has 10 aliphatic rings. The van der Waals surface area contributed by atoms with Crippen LogP contribution in [0, 0.1) is 34.5 Å². The van der Waals surface area contributed by atoms with Crippen molar-refractivity contribution >= 4 is 81.7 Å². The summed E-state index contributed by atoms with van der Waals surface area (Å²) < 4.78 is 90.6. The van der Waals surface area contributed by atoms with Gasteiger partial charge in [0.2, 0.25) is 0 Å². The molecule has 8 saturated carbocycles. The maximum atomic E-state index is 13.3. The molecular formula is C73H76ClF4NaO20S4. The van der Waals surface area contributed by atoms with E-state index in [2.05, 4.69) is 67.3 Å². The monoisotopic (exact) mass is 1530 g/mol. The minimum absolute atomic E-state index is 0. The number of ether oxygens (including phenoxy) is 6. The molecule has 6 aromatic carbocycles. The van der Waals surface area contributed by atoms with Crippen LogP contribution in [0.4, 0.5) is 17.6 Å². The molecule has 6 aromatic rings. The minimum Gasteiger partial charge on any atom is -1.00 e. The van der Waals surface area contributed by atoms with Crippen LogP contribution >= 0.6 is 24.1 Å². The van der Waals surface area contributed by atoms with E-state index in [1.54, 1.807) is 24.3 Å². The fourth-order valence-corrected chi connectivity index (χ4v) is 20.7. The van der Waals surface area contributed by atoms with E-state index in [1.165, 1.54) is 19.6 Å². The number of hydrogen-bond acceptors (Lipinski definition) is 22. The van der Waals surface area contributed by atoms with Gasteiger partial charge in [-0.1, -0.05) is 80.2 Å². The van der Waals surface area contributed by atoms with Gasteiger partial charge in [-0.25, -0.2) is 19.2 Å². The number of cyclic esters (lactones) is 2. The maximum Gasteiger partial charge on any atom is 1.00 e. The van der Waals surface area contributed by atoms with Gasteiger partial charge in [-0.05, 0) is 198 Å². The van der Waals surface area contributed by atoms with Gasteiger partial charge < -0.3 is 61.6 Å². The molecule has 8 aliphatic carbocycles. The Hall–Kier alpha value is -5.77. The van der Waals surface area contributed by atoms with Crippen molar-refractivity contribution in [1.29, 1.82) is 0 Å². The number of benzene rings is 6.